The molecule has 0 spiro atoms. The van der Waals surface area contributed by atoms with Crippen LogP contribution in [0.5, 0.6) is 0 Å². The van der Waals surface area contributed by atoms with Gasteiger partial charge in [-0.1, -0.05) is 32.8 Å². The molecule has 1 unspecified atom stereocenters. The van der Waals surface area contributed by atoms with Crippen molar-refractivity contribution in [1.29, 1.82) is 0 Å². The summed E-state index contributed by atoms with van der Waals surface area (Å²) in [6, 6.07) is 0. The third-order valence-corrected chi connectivity index (χ3v) is 2.35. The van der Waals surface area contributed by atoms with Crippen LogP contribution in [0.3, 0.4) is 0 Å². The van der Waals surface area contributed by atoms with Crippen LogP contribution >= 0.6 is 0 Å². The molecule has 0 aliphatic heterocycles. The van der Waals surface area contributed by atoms with Crippen molar-refractivity contribution in [2.75, 3.05) is 6.61 Å². The summed E-state index contributed by atoms with van der Waals surface area (Å²) >= 11 is 0. The van der Waals surface area contributed by atoms with Gasteiger partial charge in [0.25, 0.3) is 0 Å². The van der Waals surface area contributed by atoms with Gasteiger partial charge in [0.15, 0.2) is 0 Å². The summed E-state index contributed by atoms with van der Waals surface area (Å²) in [5.41, 5.74) is 0. The van der Waals surface area contributed by atoms with Gasteiger partial charge in [0.05, 0.1) is 0 Å². The lowest BCUT2D eigenvalue weighted by Gasteiger charge is -2.16. The van der Waals surface area contributed by atoms with E-state index in [-0.39, 0.29) is 6.61 Å². The average Bonchev–Trinajstić information content (AvgIpc) is 2.39. The Hall–Kier alpha value is -1.76. The molecule has 0 aromatic rings. The molecule has 100 valence electrons. The minimum atomic E-state index is -0.747. The highest BCUT2D eigenvalue weighted by molar-refractivity contribution is 5.87. The van der Waals surface area contributed by atoms with Crippen LogP contribution < -0.4 is 0 Å². The van der Waals surface area contributed by atoms with E-state index in [1.165, 1.54) is 0 Å². The van der Waals surface area contributed by atoms with Gasteiger partial charge in [-0.3, -0.25) is 0 Å². The lowest BCUT2D eigenvalue weighted by molar-refractivity contribution is -0.152. The van der Waals surface area contributed by atoms with E-state index in [9.17, 15) is 9.59 Å². The summed E-state index contributed by atoms with van der Waals surface area (Å²) in [7, 11) is 0. The van der Waals surface area contributed by atoms with Crippen LogP contribution in [0.2, 0.25) is 0 Å². The number of carbonyl (C=O) groups is 2. The molecule has 0 fully saturated rings. The number of ether oxygens (including phenoxy) is 2. The summed E-state index contributed by atoms with van der Waals surface area (Å²) in [4.78, 5) is 21.9. The number of esters is 2. The fourth-order valence-electron chi connectivity index (χ4n) is 1.40. The number of unbranched alkanes of at least 4 members (excludes halogenated alkanes) is 3. The highest BCUT2D eigenvalue weighted by Crippen LogP contribution is 2.09. The maximum absolute atomic E-state index is 11.1. The van der Waals surface area contributed by atoms with Gasteiger partial charge < -0.3 is 9.47 Å². The Morgan fingerprint density at radius 2 is 2.11 bits per heavy atom. The van der Waals surface area contributed by atoms with Gasteiger partial charge in [-0.2, -0.15) is 0 Å². The van der Waals surface area contributed by atoms with E-state index in [1.54, 1.807) is 0 Å². The Kier molecular flexibility index (Phi) is 9.38. The number of rotatable bonds is 9. The molecule has 0 bridgehead atoms. The van der Waals surface area contributed by atoms with Crippen LogP contribution in [-0.4, -0.2) is 24.6 Å². The number of hydrogen-bond donors (Lipinski definition) is 0. The highest BCUT2D eigenvalue weighted by atomic mass is 16.6. The zero-order valence-electron chi connectivity index (χ0n) is 10.8. The smallest absolute Gasteiger partial charge is 0.384 e. The first-order valence-corrected chi connectivity index (χ1v) is 6.10. The molecule has 0 aromatic carbocycles. The second-order valence-corrected chi connectivity index (χ2v) is 3.86. The monoisotopic (exact) mass is 252 g/mol. The summed E-state index contributed by atoms with van der Waals surface area (Å²) in [5, 5.41) is 0. The molecule has 0 rings (SSSR count). The third kappa shape index (κ3) is 8.40. The van der Waals surface area contributed by atoms with Crippen LogP contribution in [0.1, 0.15) is 39.0 Å². The first-order valence-electron chi connectivity index (χ1n) is 6.10. The molecular formula is C14H20O4. The third-order valence-electron chi connectivity index (χ3n) is 2.35. The molecule has 0 aromatic heterocycles. The van der Waals surface area contributed by atoms with Gasteiger partial charge in [-0.15, -0.1) is 6.42 Å². The van der Waals surface area contributed by atoms with Crippen LogP contribution in [0.25, 0.3) is 0 Å². The molecule has 1 atom stereocenters. The maximum atomic E-state index is 11.1. The Bertz CT molecular complexity index is 314. The average molecular weight is 252 g/mol. The Labute approximate surface area is 108 Å². The Morgan fingerprint density at radius 1 is 1.39 bits per heavy atom. The van der Waals surface area contributed by atoms with E-state index in [0.29, 0.717) is 6.42 Å². The summed E-state index contributed by atoms with van der Waals surface area (Å²) < 4.78 is 9.84. The Balaban J connectivity index is 4.07. The molecule has 0 saturated heterocycles. The van der Waals surface area contributed by atoms with E-state index in [1.807, 2.05) is 5.92 Å². The van der Waals surface area contributed by atoms with E-state index < -0.39 is 18.0 Å². The van der Waals surface area contributed by atoms with Crippen molar-refractivity contribution in [3.05, 3.63) is 12.7 Å². The van der Waals surface area contributed by atoms with Gasteiger partial charge in [0, 0.05) is 12.0 Å². The van der Waals surface area contributed by atoms with Crippen molar-refractivity contribution in [3.63, 3.8) is 0 Å². The van der Waals surface area contributed by atoms with E-state index in [0.717, 1.165) is 31.8 Å². The first-order chi connectivity index (χ1) is 8.63. The van der Waals surface area contributed by atoms with Crippen LogP contribution in [0, 0.1) is 12.3 Å². The second-order valence-electron chi connectivity index (χ2n) is 3.86. The molecule has 4 heteroatoms. The molecule has 4 nitrogen and oxygen atoms in total. The summed E-state index contributed by atoms with van der Waals surface area (Å²) in [6.45, 7) is 5.43. The predicted molar refractivity (Wildman–Crippen MR) is 68.6 cm³/mol. The first kappa shape index (κ1) is 16.2. The topological polar surface area (TPSA) is 52.6 Å². The fourth-order valence-corrected chi connectivity index (χ4v) is 1.40. The largest absolute Gasteiger partial charge is 0.456 e. The van der Waals surface area contributed by atoms with E-state index in [4.69, 9.17) is 15.9 Å². The minimum Gasteiger partial charge on any atom is -0.456 e. The van der Waals surface area contributed by atoms with Gasteiger partial charge >= 0.3 is 11.9 Å². The van der Waals surface area contributed by atoms with E-state index >= 15 is 0 Å². The van der Waals surface area contributed by atoms with Crippen LogP contribution in [0.4, 0.5) is 0 Å². The maximum Gasteiger partial charge on any atom is 0.384 e. The summed E-state index contributed by atoms with van der Waals surface area (Å²) in [5.74, 6) is 0.574. The Morgan fingerprint density at radius 3 is 2.67 bits per heavy atom. The second kappa shape index (κ2) is 10.4. The van der Waals surface area contributed by atoms with Gasteiger partial charge in [-0.25, -0.2) is 9.59 Å². The van der Waals surface area contributed by atoms with Gasteiger partial charge in [0.2, 0.25) is 0 Å². The number of terminal acetylenes is 1. The normalized spacial score (nSPS) is 11.1. The summed E-state index contributed by atoms with van der Waals surface area (Å²) in [6.07, 6.45) is 10.4. The van der Waals surface area contributed by atoms with E-state index in [2.05, 4.69) is 13.5 Å². The quantitative estimate of drug-likeness (QED) is 0.208. The number of carbonyl (C=O) groups excluding carboxylic acids is 2. The zero-order valence-corrected chi connectivity index (χ0v) is 10.8. The van der Waals surface area contributed by atoms with Crippen molar-refractivity contribution in [2.45, 2.75) is 45.1 Å². The van der Waals surface area contributed by atoms with Crippen molar-refractivity contribution in [2.24, 2.45) is 0 Å². The molecule has 0 amide bonds. The lowest BCUT2D eigenvalue weighted by atomic mass is 10.1. The van der Waals surface area contributed by atoms with Crippen molar-refractivity contribution in [3.8, 4) is 12.3 Å². The minimum absolute atomic E-state index is 0.00522. The standard InChI is InChI=1S/C14H20O4/c1-4-7-8-9-10-12(18-14(16)6-3)11-17-13(15)5-2/h2,6,12H,3-4,7-11H2,1H3. The highest BCUT2D eigenvalue weighted by Gasteiger charge is 2.14. The predicted octanol–water partition coefficient (Wildman–Crippen LogP) is 2.23. The van der Waals surface area contributed by atoms with Crippen LogP contribution in [-0.2, 0) is 19.1 Å². The fraction of sp³-hybridized carbons (Fsp3) is 0.571. The molecule has 0 aliphatic rings. The molecule has 0 N–H and O–H groups in total. The lowest BCUT2D eigenvalue weighted by Crippen LogP contribution is -2.24. The van der Waals surface area contributed by atoms with Crippen LogP contribution in [0.15, 0.2) is 12.7 Å². The zero-order chi connectivity index (χ0) is 13.8. The SMILES string of the molecule is C#CC(=O)OCC(CCCCCC)OC(=O)C=C. The van der Waals surface area contributed by atoms with Crippen molar-refractivity contribution < 1.29 is 19.1 Å². The molecule has 0 radical (unpaired) electrons. The molecule has 18 heavy (non-hydrogen) atoms. The van der Waals surface area contributed by atoms with Crippen molar-refractivity contribution in [1.82, 2.24) is 0 Å². The molecule has 0 saturated carbocycles. The molecule has 0 heterocycles. The van der Waals surface area contributed by atoms with Gasteiger partial charge in [0.1, 0.15) is 12.7 Å². The van der Waals surface area contributed by atoms with Gasteiger partial charge in [-0.05, 0) is 12.8 Å². The molecular weight excluding hydrogens is 232 g/mol. The molecule has 0 aliphatic carbocycles. The number of hydrogen-bond acceptors (Lipinski definition) is 4. The van der Waals surface area contributed by atoms with Crippen molar-refractivity contribution >= 4 is 11.9 Å².